The molecule has 1 aliphatic carbocycles. The summed E-state index contributed by atoms with van der Waals surface area (Å²) in [4.78, 5) is 27.3. The zero-order chi connectivity index (χ0) is 16.4. The van der Waals surface area contributed by atoms with Crippen LogP contribution in [0.4, 0.5) is 13.2 Å². The number of carbonyl (C=O) groups excluding carboxylic acids is 1. The summed E-state index contributed by atoms with van der Waals surface area (Å²) in [5, 5.41) is 2.51. The molecule has 120 valence electrons. The van der Waals surface area contributed by atoms with Gasteiger partial charge >= 0.3 is 6.18 Å². The molecule has 0 atom stereocenters. The number of amides is 1. The van der Waals surface area contributed by atoms with Gasteiger partial charge in [-0.05, 0) is 18.9 Å². The number of rotatable bonds is 4. The summed E-state index contributed by atoms with van der Waals surface area (Å²) >= 11 is 0. The third-order valence-electron chi connectivity index (χ3n) is 3.35. The van der Waals surface area contributed by atoms with Gasteiger partial charge in [0.2, 0.25) is 0 Å². The Morgan fingerprint density at radius 2 is 2.09 bits per heavy atom. The van der Waals surface area contributed by atoms with Crippen molar-refractivity contribution in [1.29, 1.82) is 0 Å². The highest BCUT2D eigenvalue weighted by molar-refractivity contribution is 5.95. The van der Waals surface area contributed by atoms with E-state index in [9.17, 15) is 18.0 Å². The summed E-state index contributed by atoms with van der Waals surface area (Å²) in [5.41, 5.74) is -0.0390. The number of hydrogen-bond donors (Lipinski definition) is 1. The molecule has 2 heterocycles. The van der Waals surface area contributed by atoms with Crippen LogP contribution in [0.5, 0.6) is 0 Å². The molecule has 3 rings (SSSR count). The molecule has 6 nitrogen and oxygen atoms in total. The molecule has 1 fully saturated rings. The van der Waals surface area contributed by atoms with Crippen LogP contribution in [-0.4, -0.2) is 25.8 Å². The van der Waals surface area contributed by atoms with E-state index < -0.39 is 17.8 Å². The molecule has 1 aliphatic rings. The van der Waals surface area contributed by atoms with Gasteiger partial charge in [0, 0.05) is 18.3 Å². The average molecular weight is 323 g/mol. The van der Waals surface area contributed by atoms with Crippen LogP contribution in [0.2, 0.25) is 0 Å². The number of aromatic nitrogens is 4. The van der Waals surface area contributed by atoms with E-state index in [-0.39, 0.29) is 18.3 Å². The van der Waals surface area contributed by atoms with Crippen molar-refractivity contribution >= 4 is 5.91 Å². The highest BCUT2D eigenvalue weighted by Gasteiger charge is 2.33. The fourth-order valence-electron chi connectivity index (χ4n) is 2.09. The van der Waals surface area contributed by atoms with E-state index in [0.29, 0.717) is 11.3 Å². The Hall–Kier alpha value is -2.58. The molecule has 1 N–H and O–H groups in total. The van der Waals surface area contributed by atoms with Crippen molar-refractivity contribution in [3.05, 3.63) is 47.6 Å². The van der Waals surface area contributed by atoms with E-state index >= 15 is 0 Å². The first-order chi connectivity index (χ1) is 10.9. The molecule has 0 saturated heterocycles. The van der Waals surface area contributed by atoms with Crippen LogP contribution >= 0.6 is 0 Å². The first kappa shape index (κ1) is 15.3. The van der Waals surface area contributed by atoms with E-state index in [1.54, 1.807) is 0 Å². The Balaban J connectivity index is 1.70. The molecule has 2 aromatic heterocycles. The Bertz CT molecular complexity index is 730. The van der Waals surface area contributed by atoms with Crippen molar-refractivity contribution in [2.75, 3.05) is 0 Å². The molecule has 1 amide bonds. The largest absolute Gasteiger partial charge is 0.433 e. The van der Waals surface area contributed by atoms with Crippen LogP contribution in [0.1, 0.15) is 46.3 Å². The summed E-state index contributed by atoms with van der Waals surface area (Å²) in [6.45, 7) is -0.207. The monoisotopic (exact) mass is 323 g/mol. The summed E-state index contributed by atoms with van der Waals surface area (Å²) in [6.07, 6.45) is 1.18. The van der Waals surface area contributed by atoms with Crippen molar-refractivity contribution < 1.29 is 18.0 Å². The van der Waals surface area contributed by atoms with Crippen LogP contribution in [0.3, 0.4) is 0 Å². The lowest BCUT2D eigenvalue weighted by Gasteiger charge is -2.09. The van der Waals surface area contributed by atoms with Crippen LogP contribution in [0, 0.1) is 0 Å². The minimum atomic E-state index is -4.55. The minimum absolute atomic E-state index is 0.113. The molecular formula is C14H12F3N5O. The second-order valence-electron chi connectivity index (χ2n) is 5.13. The summed E-state index contributed by atoms with van der Waals surface area (Å²) < 4.78 is 37.8. The molecule has 23 heavy (non-hydrogen) atoms. The number of halogens is 3. The Labute approximate surface area is 129 Å². The second-order valence-corrected chi connectivity index (χ2v) is 5.13. The molecule has 0 radical (unpaired) electrons. The standard InChI is InChI=1S/C14H12F3N5O/c15-14(16,17)10-3-4-19-11(22-10)6-20-13(23)9-5-18-7-21-12(9)8-1-2-8/h3-5,7-8H,1-2,6H2,(H,20,23). The Morgan fingerprint density at radius 3 is 2.78 bits per heavy atom. The lowest BCUT2D eigenvalue weighted by Crippen LogP contribution is -2.26. The molecule has 0 bridgehead atoms. The maximum absolute atomic E-state index is 12.6. The van der Waals surface area contributed by atoms with Gasteiger partial charge in [0.05, 0.1) is 17.8 Å². The zero-order valence-corrected chi connectivity index (χ0v) is 11.8. The summed E-state index contributed by atoms with van der Waals surface area (Å²) in [7, 11) is 0. The first-order valence-electron chi connectivity index (χ1n) is 6.92. The van der Waals surface area contributed by atoms with Gasteiger partial charge in [-0.3, -0.25) is 4.79 Å². The number of alkyl halides is 3. The van der Waals surface area contributed by atoms with Gasteiger partial charge in [0.1, 0.15) is 17.8 Å². The van der Waals surface area contributed by atoms with Crippen LogP contribution in [0.25, 0.3) is 0 Å². The predicted molar refractivity (Wildman–Crippen MR) is 72.2 cm³/mol. The average Bonchev–Trinajstić information content (AvgIpc) is 3.37. The van der Waals surface area contributed by atoms with Crippen molar-refractivity contribution in [1.82, 2.24) is 25.3 Å². The Kier molecular flexibility index (Phi) is 3.93. The lowest BCUT2D eigenvalue weighted by molar-refractivity contribution is -0.141. The lowest BCUT2D eigenvalue weighted by atomic mass is 10.1. The van der Waals surface area contributed by atoms with E-state index in [0.717, 1.165) is 25.1 Å². The van der Waals surface area contributed by atoms with Crippen molar-refractivity contribution in [3.63, 3.8) is 0 Å². The van der Waals surface area contributed by atoms with Gasteiger partial charge < -0.3 is 5.32 Å². The van der Waals surface area contributed by atoms with Gasteiger partial charge in [-0.15, -0.1) is 0 Å². The highest BCUT2D eigenvalue weighted by atomic mass is 19.4. The number of nitrogens with zero attached hydrogens (tertiary/aromatic N) is 4. The fraction of sp³-hybridized carbons (Fsp3) is 0.357. The van der Waals surface area contributed by atoms with Crippen LogP contribution < -0.4 is 5.32 Å². The second kappa shape index (κ2) is 5.90. The molecular weight excluding hydrogens is 311 g/mol. The highest BCUT2D eigenvalue weighted by Crippen LogP contribution is 2.40. The molecule has 9 heteroatoms. The maximum atomic E-state index is 12.6. The maximum Gasteiger partial charge on any atom is 0.433 e. The summed E-state index contributed by atoms with van der Waals surface area (Å²) in [6, 6.07) is 0.779. The van der Waals surface area contributed by atoms with Crippen molar-refractivity contribution in [2.24, 2.45) is 0 Å². The number of nitrogens with one attached hydrogen (secondary N) is 1. The fourth-order valence-corrected chi connectivity index (χ4v) is 2.09. The van der Waals surface area contributed by atoms with Gasteiger partial charge in [0.25, 0.3) is 5.91 Å². The zero-order valence-electron chi connectivity index (χ0n) is 11.8. The number of carbonyl (C=O) groups is 1. The third kappa shape index (κ3) is 3.61. The predicted octanol–water partition coefficient (Wildman–Crippen LogP) is 2.09. The van der Waals surface area contributed by atoms with Gasteiger partial charge in [-0.2, -0.15) is 13.2 Å². The molecule has 0 unspecified atom stereocenters. The van der Waals surface area contributed by atoms with E-state index in [1.165, 1.54) is 12.5 Å². The molecule has 2 aromatic rings. The van der Waals surface area contributed by atoms with Gasteiger partial charge in [0.15, 0.2) is 0 Å². The van der Waals surface area contributed by atoms with E-state index in [2.05, 4.69) is 25.3 Å². The minimum Gasteiger partial charge on any atom is -0.345 e. The first-order valence-corrected chi connectivity index (χ1v) is 6.92. The quantitative estimate of drug-likeness (QED) is 0.932. The molecule has 0 aromatic carbocycles. The van der Waals surface area contributed by atoms with E-state index in [4.69, 9.17) is 0 Å². The normalized spacial score (nSPS) is 14.6. The molecule has 0 aliphatic heterocycles. The Morgan fingerprint density at radius 1 is 1.30 bits per heavy atom. The van der Waals surface area contributed by atoms with Gasteiger partial charge in [-0.1, -0.05) is 0 Å². The van der Waals surface area contributed by atoms with Gasteiger partial charge in [-0.25, -0.2) is 19.9 Å². The SMILES string of the molecule is O=C(NCc1nccc(C(F)(F)F)n1)c1cncnc1C1CC1. The third-order valence-corrected chi connectivity index (χ3v) is 3.35. The topological polar surface area (TPSA) is 80.7 Å². The smallest absolute Gasteiger partial charge is 0.345 e. The molecule has 1 saturated carbocycles. The van der Waals surface area contributed by atoms with Crippen molar-refractivity contribution in [3.8, 4) is 0 Å². The van der Waals surface area contributed by atoms with Crippen molar-refractivity contribution in [2.45, 2.75) is 31.5 Å². The number of hydrogen-bond acceptors (Lipinski definition) is 5. The summed E-state index contributed by atoms with van der Waals surface area (Å²) in [5.74, 6) is -0.310. The van der Waals surface area contributed by atoms with Crippen LogP contribution in [-0.2, 0) is 12.7 Å². The molecule has 0 spiro atoms. The van der Waals surface area contributed by atoms with E-state index in [1.807, 2.05) is 0 Å². The van der Waals surface area contributed by atoms with Crippen LogP contribution in [0.15, 0.2) is 24.8 Å².